The number of para-hydroxylation sites is 1. The van der Waals surface area contributed by atoms with Gasteiger partial charge in [0.2, 0.25) is 17.7 Å². The van der Waals surface area contributed by atoms with Crippen LogP contribution in [0.2, 0.25) is 0 Å². The van der Waals surface area contributed by atoms with Gasteiger partial charge in [0.05, 0.1) is 12.4 Å². The normalized spacial score (nSPS) is 15.2. The molecule has 12 nitrogen and oxygen atoms in total. The van der Waals surface area contributed by atoms with Crippen molar-refractivity contribution in [3.8, 4) is 0 Å². The van der Waals surface area contributed by atoms with Gasteiger partial charge in [-0.25, -0.2) is 9.78 Å². The van der Waals surface area contributed by atoms with Crippen molar-refractivity contribution in [1.82, 2.24) is 30.9 Å². The minimum Gasteiger partial charge on any atom is -0.480 e. The van der Waals surface area contributed by atoms with E-state index in [2.05, 4.69) is 30.9 Å². The van der Waals surface area contributed by atoms with Crippen LogP contribution >= 0.6 is 0 Å². The summed E-state index contributed by atoms with van der Waals surface area (Å²) in [6.07, 6.45) is 5.53. The first-order chi connectivity index (χ1) is 18.1. The SMILES string of the molecule is CCC(C)C(N)C(=O)NC(Cc1cnc[nH]1)C(=O)NC(C)C(=O)NC(Cc1c[nH]c2ccccc12)C(=O)O. The number of aliphatic carboxylic acids is 1. The van der Waals surface area contributed by atoms with Crippen LogP contribution in [0.5, 0.6) is 0 Å². The lowest BCUT2D eigenvalue weighted by Crippen LogP contribution is -2.57. The molecule has 0 radical (unpaired) electrons. The lowest BCUT2D eigenvalue weighted by Gasteiger charge is -2.24. The van der Waals surface area contributed by atoms with Crippen LogP contribution < -0.4 is 21.7 Å². The number of fused-ring (bicyclic) bond motifs is 1. The maximum Gasteiger partial charge on any atom is 0.326 e. The van der Waals surface area contributed by atoms with Crippen LogP contribution in [0.15, 0.2) is 43.0 Å². The second kappa shape index (κ2) is 12.9. The Morgan fingerprint density at radius 2 is 1.68 bits per heavy atom. The highest BCUT2D eigenvalue weighted by atomic mass is 16.4. The van der Waals surface area contributed by atoms with Gasteiger partial charge in [-0.1, -0.05) is 38.5 Å². The molecule has 204 valence electrons. The Balaban J connectivity index is 1.66. The molecule has 0 aliphatic heterocycles. The second-order valence-corrected chi connectivity index (χ2v) is 9.45. The molecule has 0 fully saturated rings. The van der Waals surface area contributed by atoms with E-state index in [9.17, 15) is 24.3 Å². The fourth-order valence-corrected chi connectivity index (χ4v) is 4.00. The van der Waals surface area contributed by atoms with Crippen molar-refractivity contribution in [3.63, 3.8) is 0 Å². The number of aromatic nitrogens is 3. The molecule has 2 aromatic heterocycles. The largest absolute Gasteiger partial charge is 0.480 e. The van der Waals surface area contributed by atoms with Crippen molar-refractivity contribution in [2.24, 2.45) is 11.7 Å². The molecule has 0 aliphatic carbocycles. The summed E-state index contributed by atoms with van der Waals surface area (Å²) in [5, 5.41) is 18.3. The van der Waals surface area contributed by atoms with Crippen molar-refractivity contribution < 1.29 is 24.3 Å². The second-order valence-electron chi connectivity index (χ2n) is 9.45. The first-order valence-electron chi connectivity index (χ1n) is 12.5. The van der Waals surface area contributed by atoms with E-state index in [0.717, 1.165) is 16.5 Å². The maximum atomic E-state index is 13.1. The number of aromatic amines is 2. The Morgan fingerprint density at radius 1 is 0.974 bits per heavy atom. The van der Waals surface area contributed by atoms with E-state index in [0.29, 0.717) is 12.1 Å². The smallest absolute Gasteiger partial charge is 0.326 e. The average Bonchev–Trinajstić information content (AvgIpc) is 3.56. The molecule has 38 heavy (non-hydrogen) atoms. The van der Waals surface area contributed by atoms with Gasteiger partial charge in [-0.2, -0.15) is 0 Å². The van der Waals surface area contributed by atoms with Gasteiger partial charge in [-0.15, -0.1) is 0 Å². The summed E-state index contributed by atoms with van der Waals surface area (Å²) < 4.78 is 0. The molecular formula is C26H35N7O5. The molecular weight excluding hydrogens is 490 g/mol. The standard InChI is InChI=1S/C26H35N7O5/c1-4-14(2)22(27)25(36)32-20(10-17-12-28-13-30-17)24(35)31-15(3)23(34)33-21(26(37)38)9-16-11-29-19-8-6-5-7-18(16)19/h5-8,11-15,20-22,29H,4,9-10,27H2,1-3H3,(H,28,30)(H,31,35)(H,32,36)(H,33,34)(H,37,38). The van der Waals surface area contributed by atoms with Crippen LogP contribution in [0.25, 0.3) is 10.9 Å². The van der Waals surface area contributed by atoms with Crippen LogP contribution in [0, 0.1) is 5.92 Å². The Morgan fingerprint density at radius 3 is 2.34 bits per heavy atom. The first kappa shape index (κ1) is 28.4. The van der Waals surface area contributed by atoms with Gasteiger partial charge in [-0.3, -0.25) is 14.4 Å². The van der Waals surface area contributed by atoms with Gasteiger partial charge in [0.1, 0.15) is 18.1 Å². The number of benzene rings is 1. The van der Waals surface area contributed by atoms with E-state index in [1.54, 1.807) is 6.20 Å². The van der Waals surface area contributed by atoms with Crippen LogP contribution in [-0.4, -0.2) is 67.9 Å². The Bertz CT molecular complexity index is 1260. The number of H-pyrrole nitrogens is 2. The molecule has 0 spiro atoms. The number of carbonyl (C=O) groups is 4. The molecule has 8 N–H and O–H groups in total. The number of nitrogens with two attached hydrogens (primary N) is 1. The predicted molar refractivity (Wildman–Crippen MR) is 141 cm³/mol. The van der Waals surface area contributed by atoms with E-state index in [4.69, 9.17) is 5.73 Å². The lowest BCUT2D eigenvalue weighted by molar-refractivity contribution is -0.142. The molecule has 5 unspecified atom stereocenters. The highest BCUT2D eigenvalue weighted by Crippen LogP contribution is 2.19. The van der Waals surface area contributed by atoms with Gasteiger partial charge in [0.25, 0.3) is 0 Å². The summed E-state index contributed by atoms with van der Waals surface area (Å²) in [4.78, 5) is 60.5. The summed E-state index contributed by atoms with van der Waals surface area (Å²) in [6, 6.07) is 3.33. The molecule has 1 aromatic carbocycles. The molecule has 5 atom stereocenters. The van der Waals surface area contributed by atoms with Gasteiger partial charge >= 0.3 is 5.97 Å². The summed E-state index contributed by atoms with van der Waals surface area (Å²) in [5.74, 6) is -3.07. The molecule has 0 bridgehead atoms. The quantitative estimate of drug-likeness (QED) is 0.170. The van der Waals surface area contributed by atoms with Crippen molar-refractivity contribution >= 4 is 34.6 Å². The van der Waals surface area contributed by atoms with Crippen molar-refractivity contribution in [2.45, 2.75) is 64.2 Å². The third kappa shape index (κ3) is 7.19. The zero-order valence-corrected chi connectivity index (χ0v) is 21.7. The number of carboxylic acid groups (broad SMARTS) is 1. The Labute approximate surface area is 220 Å². The molecule has 0 saturated carbocycles. The topological polar surface area (TPSA) is 195 Å². The van der Waals surface area contributed by atoms with Crippen LogP contribution in [0.1, 0.15) is 38.4 Å². The van der Waals surface area contributed by atoms with Crippen LogP contribution in [0.4, 0.5) is 0 Å². The summed E-state index contributed by atoms with van der Waals surface area (Å²) >= 11 is 0. The molecule has 3 rings (SSSR count). The molecule has 2 heterocycles. The fourth-order valence-electron chi connectivity index (χ4n) is 4.00. The summed E-state index contributed by atoms with van der Waals surface area (Å²) in [5.41, 5.74) is 8.23. The minimum atomic E-state index is -1.21. The summed E-state index contributed by atoms with van der Waals surface area (Å²) in [6.45, 7) is 5.20. The number of hydrogen-bond donors (Lipinski definition) is 7. The highest BCUT2D eigenvalue weighted by Gasteiger charge is 2.30. The van der Waals surface area contributed by atoms with Crippen LogP contribution in [-0.2, 0) is 32.0 Å². The van der Waals surface area contributed by atoms with Crippen LogP contribution in [0.3, 0.4) is 0 Å². The van der Waals surface area contributed by atoms with Gasteiger partial charge in [0.15, 0.2) is 0 Å². The number of nitrogens with one attached hydrogen (secondary N) is 5. The molecule has 3 amide bonds. The zero-order valence-electron chi connectivity index (χ0n) is 21.7. The van der Waals surface area contributed by atoms with Gasteiger partial charge in [0, 0.05) is 41.8 Å². The summed E-state index contributed by atoms with van der Waals surface area (Å²) in [7, 11) is 0. The minimum absolute atomic E-state index is 0.0533. The predicted octanol–water partition coefficient (Wildman–Crippen LogP) is 0.609. The van der Waals surface area contributed by atoms with Crippen molar-refractivity contribution in [2.75, 3.05) is 0 Å². The number of nitrogens with zero attached hydrogens (tertiary/aromatic N) is 1. The fraction of sp³-hybridized carbons (Fsp3) is 0.423. The van der Waals surface area contributed by atoms with E-state index in [-0.39, 0.29) is 18.8 Å². The number of imidazole rings is 1. The number of carboxylic acids is 1. The average molecular weight is 526 g/mol. The van der Waals surface area contributed by atoms with Gasteiger partial charge in [-0.05, 0) is 24.5 Å². The van der Waals surface area contributed by atoms with Crippen molar-refractivity contribution in [1.29, 1.82) is 0 Å². The van der Waals surface area contributed by atoms with Crippen molar-refractivity contribution in [3.05, 3.63) is 54.2 Å². The lowest BCUT2D eigenvalue weighted by atomic mass is 9.98. The molecule has 3 aromatic rings. The zero-order chi connectivity index (χ0) is 27.8. The van der Waals surface area contributed by atoms with E-state index in [1.165, 1.54) is 19.4 Å². The monoisotopic (exact) mass is 525 g/mol. The first-order valence-corrected chi connectivity index (χ1v) is 12.5. The third-order valence-corrected chi connectivity index (χ3v) is 6.64. The Hall–Kier alpha value is -4.19. The van der Waals surface area contributed by atoms with E-state index < -0.39 is 47.9 Å². The van der Waals surface area contributed by atoms with E-state index in [1.807, 2.05) is 38.1 Å². The number of rotatable bonds is 13. The van der Waals surface area contributed by atoms with Gasteiger partial charge < -0.3 is 36.8 Å². The third-order valence-electron chi connectivity index (χ3n) is 6.64. The molecule has 0 aliphatic rings. The molecule has 12 heteroatoms. The molecule has 0 saturated heterocycles. The Kier molecular flexibility index (Phi) is 9.61. The maximum absolute atomic E-state index is 13.1. The highest BCUT2D eigenvalue weighted by molar-refractivity contribution is 5.94. The van der Waals surface area contributed by atoms with E-state index >= 15 is 0 Å². The number of amides is 3. The number of hydrogen-bond acceptors (Lipinski definition) is 6. The number of carbonyl (C=O) groups excluding carboxylic acids is 3.